The van der Waals surface area contributed by atoms with Crippen LogP contribution < -0.4 is 9.64 Å². The summed E-state index contributed by atoms with van der Waals surface area (Å²) in [7, 11) is 1.45. The Bertz CT molecular complexity index is 841. The first-order valence-corrected chi connectivity index (χ1v) is 10.2. The van der Waals surface area contributed by atoms with Crippen LogP contribution in [0.1, 0.15) is 12.5 Å². The Morgan fingerprint density at radius 3 is 2.55 bits per heavy atom. The minimum atomic E-state index is -0.385. The van der Waals surface area contributed by atoms with Crippen molar-refractivity contribution in [2.75, 3.05) is 51.3 Å². The predicted octanol–water partition coefficient (Wildman–Crippen LogP) is 3.66. The smallest absolute Gasteiger partial charge is 0.236 e. The number of carbonyl (C=O) groups is 1. The van der Waals surface area contributed by atoms with Crippen LogP contribution in [0.4, 0.5) is 10.1 Å². The van der Waals surface area contributed by atoms with E-state index in [0.29, 0.717) is 32.7 Å². The van der Waals surface area contributed by atoms with E-state index in [9.17, 15) is 9.18 Å². The topological polar surface area (TPSA) is 36.0 Å². The Kier molecular flexibility index (Phi) is 7.34. The maximum Gasteiger partial charge on any atom is 0.236 e. The Balaban J connectivity index is 1.53. The van der Waals surface area contributed by atoms with Gasteiger partial charge in [0.1, 0.15) is 0 Å². The molecule has 0 bridgehead atoms. The van der Waals surface area contributed by atoms with Gasteiger partial charge in [-0.2, -0.15) is 0 Å². The second kappa shape index (κ2) is 9.94. The lowest BCUT2D eigenvalue weighted by Crippen LogP contribution is -2.51. The number of benzene rings is 2. The summed E-state index contributed by atoms with van der Waals surface area (Å²) in [5.41, 5.74) is 1.91. The monoisotopic (exact) mass is 419 g/mol. The van der Waals surface area contributed by atoms with E-state index in [1.807, 2.05) is 47.1 Å². The van der Waals surface area contributed by atoms with Crippen molar-refractivity contribution in [2.45, 2.75) is 13.5 Å². The quantitative estimate of drug-likeness (QED) is 0.686. The number of anilines is 1. The normalized spacial score (nSPS) is 14.4. The number of rotatable bonds is 7. The molecule has 0 aromatic heterocycles. The summed E-state index contributed by atoms with van der Waals surface area (Å²) in [6.07, 6.45) is 0. The number of amides is 1. The van der Waals surface area contributed by atoms with E-state index in [1.54, 1.807) is 6.07 Å². The van der Waals surface area contributed by atoms with Crippen LogP contribution in [0, 0.1) is 5.82 Å². The highest BCUT2D eigenvalue weighted by atomic mass is 35.5. The van der Waals surface area contributed by atoms with Gasteiger partial charge in [0.15, 0.2) is 11.6 Å². The molecule has 0 spiro atoms. The molecule has 3 rings (SSSR count). The minimum Gasteiger partial charge on any atom is -0.494 e. The molecule has 0 radical (unpaired) electrons. The lowest BCUT2D eigenvalue weighted by atomic mass is 10.2. The molecule has 0 unspecified atom stereocenters. The molecule has 7 heteroatoms. The van der Waals surface area contributed by atoms with Gasteiger partial charge in [0.2, 0.25) is 5.91 Å². The Hall–Kier alpha value is -2.31. The van der Waals surface area contributed by atoms with E-state index in [-0.39, 0.29) is 17.5 Å². The highest BCUT2D eigenvalue weighted by molar-refractivity contribution is 6.30. The van der Waals surface area contributed by atoms with Gasteiger partial charge in [-0.05, 0) is 42.4 Å². The molecule has 2 aromatic carbocycles. The van der Waals surface area contributed by atoms with Gasteiger partial charge < -0.3 is 14.5 Å². The molecule has 0 atom stereocenters. The fraction of sp³-hybridized carbons (Fsp3) is 0.409. The van der Waals surface area contributed by atoms with Crippen LogP contribution in [0.3, 0.4) is 0 Å². The molecule has 5 nitrogen and oxygen atoms in total. The van der Waals surface area contributed by atoms with Crippen LogP contribution in [0.15, 0.2) is 42.5 Å². The molecule has 156 valence electrons. The Morgan fingerprint density at radius 2 is 1.93 bits per heavy atom. The van der Waals surface area contributed by atoms with Crippen LogP contribution in [0.2, 0.25) is 5.02 Å². The molecular weight excluding hydrogens is 393 g/mol. The highest BCUT2D eigenvalue weighted by Crippen LogP contribution is 2.21. The highest BCUT2D eigenvalue weighted by Gasteiger charge is 2.23. The van der Waals surface area contributed by atoms with Gasteiger partial charge in [0.25, 0.3) is 0 Å². The first-order chi connectivity index (χ1) is 14.0. The number of halogens is 2. The van der Waals surface area contributed by atoms with Crippen molar-refractivity contribution in [3.05, 3.63) is 58.9 Å². The Morgan fingerprint density at radius 1 is 1.17 bits per heavy atom. The van der Waals surface area contributed by atoms with Gasteiger partial charge in [-0.3, -0.25) is 9.69 Å². The van der Waals surface area contributed by atoms with Crippen molar-refractivity contribution in [1.82, 2.24) is 9.80 Å². The molecule has 1 aliphatic rings. The van der Waals surface area contributed by atoms with Crippen LogP contribution in [-0.4, -0.2) is 62.1 Å². The molecule has 0 N–H and O–H groups in total. The fourth-order valence-electron chi connectivity index (χ4n) is 3.52. The lowest BCUT2D eigenvalue weighted by molar-refractivity contribution is -0.132. The number of likely N-dealkylation sites (N-methyl/N-ethyl adjacent to an activating group) is 1. The summed E-state index contributed by atoms with van der Waals surface area (Å²) in [5, 5.41) is 0.717. The van der Waals surface area contributed by atoms with E-state index >= 15 is 0 Å². The average molecular weight is 420 g/mol. The molecule has 1 aliphatic heterocycles. The first-order valence-electron chi connectivity index (χ1n) is 9.83. The summed E-state index contributed by atoms with van der Waals surface area (Å²) < 4.78 is 18.9. The third kappa shape index (κ3) is 5.61. The van der Waals surface area contributed by atoms with E-state index in [0.717, 1.165) is 29.4 Å². The minimum absolute atomic E-state index is 0.103. The predicted molar refractivity (Wildman–Crippen MR) is 114 cm³/mol. The second-order valence-corrected chi connectivity index (χ2v) is 7.56. The average Bonchev–Trinajstić information content (AvgIpc) is 2.73. The van der Waals surface area contributed by atoms with Gasteiger partial charge in [-0.15, -0.1) is 0 Å². The molecule has 1 saturated heterocycles. The number of methoxy groups -OCH3 is 1. The van der Waals surface area contributed by atoms with Crippen molar-refractivity contribution in [3.63, 3.8) is 0 Å². The second-order valence-electron chi connectivity index (χ2n) is 7.12. The van der Waals surface area contributed by atoms with E-state index in [1.165, 1.54) is 13.2 Å². The van der Waals surface area contributed by atoms with E-state index < -0.39 is 0 Å². The lowest BCUT2D eigenvalue weighted by Gasteiger charge is -2.37. The van der Waals surface area contributed by atoms with Crippen LogP contribution in [0.5, 0.6) is 5.75 Å². The van der Waals surface area contributed by atoms with E-state index in [4.69, 9.17) is 16.3 Å². The van der Waals surface area contributed by atoms with Crippen LogP contribution in [-0.2, 0) is 11.3 Å². The van der Waals surface area contributed by atoms with Gasteiger partial charge in [-0.1, -0.05) is 30.7 Å². The summed E-state index contributed by atoms with van der Waals surface area (Å²) in [4.78, 5) is 18.9. The fourth-order valence-corrected chi connectivity index (χ4v) is 3.71. The number of hydrogen-bond donors (Lipinski definition) is 0. The zero-order valence-electron chi connectivity index (χ0n) is 16.9. The first kappa shape index (κ1) is 21.4. The van der Waals surface area contributed by atoms with Gasteiger partial charge in [0.05, 0.1) is 13.7 Å². The van der Waals surface area contributed by atoms with Crippen LogP contribution >= 0.6 is 11.6 Å². The molecule has 1 amide bonds. The molecule has 2 aromatic rings. The number of piperazine rings is 1. The summed E-state index contributed by atoms with van der Waals surface area (Å²) in [6, 6.07) is 12.7. The van der Waals surface area contributed by atoms with Gasteiger partial charge in [0, 0.05) is 43.4 Å². The van der Waals surface area contributed by atoms with Gasteiger partial charge in [-0.25, -0.2) is 4.39 Å². The number of hydrogen-bond acceptors (Lipinski definition) is 4. The molecule has 29 heavy (non-hydrogen) atoms. The third-order valence-corrected chi connectivity index (χ3v) is 5.47. The zero-order valence-corrected chi connectivity index (χ0v) is 17.7. The van der Waals surface area contributed by atoms with Crippen molar-refractivity contribution in [1.29, 1.82) is 0 Å². The SMILES string of the molecule is CCN(CC(=O)N1CCN(c2cccc(Cl)c2)CC1)Cc1ccc(OC)c(F)c1. The summed E-state index contributed by atoms with van der Waals surface area (Å²) in [5.74, 6) is -0.0541. The maximum atomic E-state index is 13.9. The maximum absolute atomic E-state index is 13.9. The van der Waals surface area contributed by atoms with Crippen molar-refractivity contribution >= 4 is 23.2 Å². The Labute approximate surface area is 176 Å². The summed E-state index contributed by atoms with van der Waals surface area (Å²) >= 11 is 6.08. The number of nitrogens with zero attached hydrogens (tertiary/aromatic N) is 3. The van der Waals surface area contributed by atoms with Crippen LogP contribution in [0.25, 0.3) is 0 Å². The van der Waals surface area contributed by atoms with Crippen molar-refractivity contribution in [3.8, 4) is 5.75 Å². The summed E-state index contributed by atoms with van der Waals surface area (Å²) in [6.45, 7) is 6.48. The molecule has 1 fully saturated rings. The third-order valence-electron chi connectivity index (χ3n) is 5.23. The largest absolute Gasteiger partial charge is 0.494 e. The number of carbonyl (C=O) groups excluding carboxylic acids is 1. The van der Waals surface area contributed by atoms with E-state index in [2.05, 4.69) is 4.90 Å². The molecule has 0 saturated carbocycles. The molecule has 0 aliphatic carbocycles. The molecular formula is C22H27ClFN3O2. The van der Waals surface area contributed by atoms with Gasteiger partial charge >= 0.3 is 0 Å². The van der Waals surface area contributed by atoms with Crippen molar-refractivity contribution < 1.29 is 13.9 Å². The van der Waals surface area contributed by atoms with Crippen molar-refractivity contribution in [2.24, 2.45) is 0 Å². The zero-order chi connectivity index (χ0) is 20.8. The standard InChI is InChI=1S/C22H27ClFN3O2/c1-3-25(15-17-7-8-21(29-2)20(24)13-17)16-22(28)27-11-9-26(10-12-27)19-6-4-5-18(23)14-19/h4-8,13-14H,3,9-12,15-16H2,1-2H3. The molecule has 1 heterocycles. The number of ether oxygens (including phenoxy) is 1.